The standard InChI is InChI=1S/C7H10N2.C2H7N/c1-6-4-2-3-5-7(6)9-8;1-3-2/h2-5,9H,8H2,1H3;3H,1-2H3. The average molecular weight is 167 g/mol. The molecule has 3 heteroatoms. The smallest absolute Gasteiger partial charge is 0.0514 e. The van der Waals surface area contributed by atoms with Crippen molar-refractivity contribution in [1.82, 2.24) is 5.32 Å². The monoisotopic (exact) mass is 167 g/mol. The third kappa shape index (κ3) is 3.95. The molecule has 0 unspecified atom stereocenters. The lowest BCUT2D eigenvalue weighted by molar-refractivity contribution is 1.02. The first kappa shape index (κ1) is 10.9. The van der Waals surface area contributed by atoms with Crippen molar-refractivity contribution < 1.29 is 0 Å². The molecule has 4 N–H and O–H groups in total. The van der Waals surface area contributed by atoms with E-state index in [2.05, 4.69) is 10.7 Å². The topological polar surface area (TPSA) is 50.1 Å². The summed E-state index contributed by atoms with van der Waals surface area (Å²) in [6.07, 6.45) is 0. The lowest BCUT2D eigenvalue weighted by Gasteiger charge is -2.01. The molecule has 0 amide bonds. The number of benzene rings is 1. The van der Waals surface area contributed by atoms with Gasteiger partial charge in [-0.2, -0.15) is 0 Å². The maximum atomic E-state index is 5.20. The Hall–Kier alpha value is -1.06. The molecular weight excluding hydrogens is 150 g/mol. The summed E-state index contributed by atoms with van der Waals surface area (Å²) >= 11 is 0. The molecule has 12 heavy (non-hydrogen) atoms. The van der Waals surface area contributed by atoms with Gasteiger partial charge in [0.1, 0.15) is 0 Å². The van der Waals surface area contributed by atoms with Gasteiger partial charge < -0.3 is 10.7 Å². The summed E-state index contributed by atoms with van der Waals surface area (Å²) in [5.74, 6) is 5.20. The maximum absolute atomic E-state index is 5.20. The van der Waals surface area contributed by atoms with Crippen LogP contribution in [0.1, 0.15) is 5.56 Å². The number of para-hydroxylation sites is 1. The van der Waals surface area contributed by atoms with Gasteiger partial charge in [0.05, 0.1) is 5.69 Å². The minimum atomic E-state index is 0.984. The van der Waals surface area contributed by atoms with Crippen LogP contribution in [0.5, 0.6) is 0 Å². The average Bonchev–Trinajstić information content (AvgIpc) is 2.07. The molecule has 0 aliphatic heterocycles. The Balaban J connectivity index is 0.000000354. The van der Waals surface area contributed by atoms with Crippen molar-refractivity contribution in [1.29, 1.82) is 0 Å². The first-order chi connectivity index (χ1) is 5.76. The zero-order chi connectivity index (χ0) is 9.40. The van der Waals surface area contributed by atoms with Crippen molar-refractivity contribution in [2.75, 3.05) is 19.5 Å². The van der Waals surface area contributed by atoms with Gasteiger partial charge in [-0.05, 0) is 32.6 Å². The molecule has 0 aromatic heterocycles. The molecule has 0 atom stereocenters. The minimum Gasteiger partial charge on any atom is -0.324 e. The second-order valence-electron chi connectivity index (χ2n) is 2.46. The number of hydrazine groups is 1. The molecule has 0 fully saturated rings. The van der Waals surface area contributed by atoms with Crippen molar-refractivity contribution in [2.45, 2.75) is 6.92 Å². The van der Waals surface area contributed by atoms with Crippen LogP contribution in [0.2, 0.25) is 0 Å². The molecule has 0 aliphatic carbocycles. The Morgan fingerprint density at radius 2 is 1.67 bits per heavy atom. The molecule has 1 rings (SSSR count). The van der Waals surface area contributed by atoms with Gasteiger partial charge in [-0.25, -0.2) is 0 Å². The predicted octanol–water partition coefficient (Wildman–Crippen LogP) is 1.12. The number of nitrogens with one attached hydrogen (secondary N) is 2. The van der Waals surface area contributed by atoms with Gasteiger partial charge in [0.2, 0.25) is 0 Å². The summed E-state index contributed by atoms with van der Waals surface area (Å²) in [7, 11) is 3.75. The van der Waals surface area contributed by atoms with Gasteiger partial charge in [-0.1, -0.05) is 18.2 Å². The fourth-order valence-corrected chi connectivity index (χ4v) is 0.735. The van der Waals surface area contributed by atoms with Gasteiger partial charge in [-0.15, -0.1) is 0 Å². The van der Waals surface area contributed by atoms with Crippen LogP contribution in [0.4, 0.5) is 5.69 Å². The van der Waals surface area contributed by atoms with E-state index in [0.29, 0.717) is 0 Å². The SMILES string of the molecule is CNC.Cc1ccccc1NN. The van der Waals surface area contributed by atoms with Crippen LogP contribution in [-0.4, -0.2) is 14.1 Å². The molecule has 1 aromatic carbocycles. The molecule has 0 heterocycles. The van der Waals surface area contributed by atoms with E-state index in [1.54, 1.807) is 0 Å². The molecule has 0 saturated heterocycles. The van der Waals surface area contributed by atoms with Crippen molar-refractivity contribution in [3.63, 3.8) is 0 Å². The number of aryl methyl sites for hydroxylation is 1. The molecule has 1 aromatic rings. The number of rotatable bonds is 1. The van der Waals surface area contributed by atoms with E-state index in [0.717, 1.165) is 5.69 Å². The molecule has 0 aliphatic rings. The molecule has 68 valence electrons. The summed E-state index contributed by atoms with van der Waals surface area (Å²) < 4.78 is 0. The first-order valence-electron chi connectivity index (χ1n) is 3.87. The van der Waals surface area contributed by atoms with Crippen LogP contribution in [0.25, 0.3) is 0 Å². The minimum absolute atomic E-state index is 0.984. The van der Waals surface area contributed by atoms with E-state index in [9.17, 15) is 0 Å². The Labute approximate surface area is 73.9 Å². The van der Waals surface area contributed by atoms with Gasteiger partial charge in [0, 0.05) is 0 Å². The van der Waals surface area contributed by atoms with E-state index < -0.39 is 0 Å². The second-order valence-corrected chi connectivity index (χ2v) is 2.46. The molecule has 0 radical (unpaired) electrons. The van der Waals surface area contributed by atoms with Gasteiger partial charge >= 0.3 is 0 Å². The second kappa shape index (κ2) is 6.64. The van der Waals surface area contributed by atoms with Crippen molar-refractivity contribution in [3.8, 4) is 0 Å². The Morgan fingerprint density at radius 1 is 1.17 bits per heavy atom. The van der Waals surface area contributed by atoms with Gasteiger partial charge in [0.25, 0.3) is 0 Å². The third-order valence-electron chi connectivity index (χ3n) is 1.30. The normalized spacial score (nSPS) is 8.33. The van der Waals surface area contributed by atoms with E-state index in [4.69, 9.17) is 5.84 Å². The highest BCUT2D eigenvalue weighted by molar-refractivity contribution is 5.48. The largest absolute Gasteiger partial charge is 0.324 e. The number of nitrogen functional groups attached to an aromatic ring is 1. The lowest BCUT2D eigenvalue weighted by Crippen LogP contribution is -2.07. The van der Waals surface area contributed by atoms with E-state index in [1.807, 2.05) is 45.3 Å². The molecule has 0 bridgehead atoms. The zero-order valence-electron chi connectivity index (χ0n) is 7.89. The summed E-state index contributed by atoms with van der Waals surface area (Å²) in [6.45, 7) is 2.01. The summed E-state index contributed by atoms with van der Waals surface area (Å²) in [5.41, 5.74) is 4.75. The van der Waals surface area contributed by atoms with Crippen LogP contribution in [0.15, 0.2) is 24.3 Å². The number of hydrogen-bond acceptors (Lipinski definition) is 3. The quantitative estimate of drug-likeness (QED) is 0.434. The van der Waals surface area contributed by atoms with Gasteiger partial charge in [-0.3, -0.25) is 5.84 Å². The van der Waals surface area contributed by atoms with E-state index in [1.165, 1.54) is 5.56 Å². The Morgan fingerprint density at radius 3 is 2.00 bits per heavy atom. The van der Waals surface area contributed by atoms with Crippen LogP contribution in [-0.2, 0) is 0 Å². The summed E-state index contributed by atoms with van der Waals surface area (Å²) in [6, 6.07) is 7.88. The van der Waals surface area contributed by atoms with Crippen LogP contribution in [0.3, 0.4) is 0 Å². The highest BCUT2D eigenvalue weighted by atomic mass is 15.2. The van der Waals surface area contributed by atoms with Gasteiger partial charge in [0.15, 0.2) is 0 Å². The molecule has 3 nitrogen and oxygen atoms in total. The highest BCUT2D eigenvalue weighted by Crippen LogP contribution is 2.10. The lowest BCUT2D eigenvalue weighted by atomic mass is 10.2. The molecule has 0 spiro atoms. The summed E-state index contributed by atoms with van der Waals surface area (Å²) in [4.78, 5) is 0. The van der Waals surface area contributed by atoms with Crippen LogP contribution < -0.4 is 16.6 Å². The highest BCUT2D eigenvalue weighted by Gasteiger charge is 1.88. The summed E-state index contributed by atoms with van der Waals surface area (Å²) in [5, 5.41) is 2.75. The van der Waals surface area contributed by atoms with Crippen LogP contribution in [0, 0.1) is 6.92 Å². The van der Waals surface area contributed by atoms with Crippen molar-refractivity contribution in [2.24, 2.45) is 5.84 Å². The zero-order valence-corrected chi connectivity index (χ0v) is 7.89. The number of hydrogen-bond donors (Lipinski definition) is 3. The fraction of sp³-hybridized carbons (Fsp3) is 0.333. The predicted molar refractivity (Wildman–Crippen MR) is 54.0 cm³/mol. The van der Waals surface area contributed by atoms with Crippen molar-refractivity contribution in [3.05, 3.63) is 29.8 Å². The third-order valence-corrected chi connectivity index (χ3v) is 1.30. The fourth-order valence-electron chi connectivity index (χ4n) is 0.735. The van der Waals surface area contributed by atoms with Crippen molar-refractivity contribution >= 4 is 5.69 Å². The Bertz CT molecular complexity index is 211. The maximum Gasteiger partial charge on any atom is 0.0514 e. The van der Waals surface area contributed by atoms with E-state index >= 15 is 0 Å². The Kier molecular flexibility index (Phi) is 6.05. The molecular formula is C9H17N3. The number of nitrogens with two attached hydrogens (primary N) is 1. The number of anilines is 1. The first-order valence-corrected chi connectivity index (χ1v) is 3.87. The van der Waals surface area contributed by atoms with Crippen LogP contribution >= 0.6 is 0 Å². The van der Waals surface area contributed by atoms with E-state index in [-0.39, 0.29) is 0 Å². The molecule has 0 saturated carbocycles.